The summed E-state index contributed by atoms with van der Waals surface area (Å²) in [6.45, 7) is 5.96. The monoisotopic (exact) mass is 507 g/mol. The number of nitrogens with zero attached hydrogens (tertiary/aromatic N) is 4. The first-order chi connectivity index (χ1) is 17.4. The van der Waals surface area contributed by atoms with E-state index in [1.165, 1.54) is 10.8 Å². The highest BCUT2D eigenvalue weighted by molar-refractivity contribution is 7.07. The van der Waals surface area contributed by atoms with Crippen molar-refractivity contribution < 1.29 is 9.59 Å². The Balaban J connectivity index is 1.77. The third-order valence-electron chi connectivity index (χ3n) is 5.61. The van der Waals surface area contributed by atoms with Gasteiger partial charge in [0.2, 0.25) is 5.91 Å². The van der Waals surface area contributed by atoms with Crippen LogP contribution < -0.4 is 30.7 Å². The molecule has 0 unspecified atom stereocenters. The number of rotatable bonds is 8. The smallest absolute Gasteiger partial charge is 0.270 e. The lowest BCUT2D eigenvalue weighted by atomic mass is 10.2. The van der Waals surface area contributed by atoms with E-state index in [1.54, 1.807) is 31.2 Å². The molecule has 0 aliphatic carbocycles. The fourth-order valence-electron chi connectivity index (χ4n) is 3.65. The second kappa shape index (κ2) is 12.7. The van der Waals surface area contributed by atoms with Crippen molar-refractivity contribution in [1.82, 2.24) is 19.7 Å². The van der Waals surface area contributed by atoms with E-state index >= 15 is 0 Å². The van der Waals surface area contributed by atoms with E-state index in [0.29, 0.717) is 29.0 Å². The van der Waals surface area contributed by atoms with E-state index < -0.39 is 5.91 Å². The quantitative estimate of drug-likeness (QED) is 0.408. The molecule has 188 valence electrons. The number of amides is 2. The van der Waals surface area contributed by atoms with Gasteiger partial charge in [0.25, 0.3) is 11.5 Å². The highest BCUT2D eigenvalue weighted by Crippen LogP contribution is 2.15. The van der Waals surface area contributed by atoms with Gasteiger partial charge in [-0.15, -0.1) is 17.8 Å². The molecule has 0 saturated carbocycles. The van der Waals surface area contributed by atoms with Gasteiger partial charge in [0.1, 0.15) is 15.3 Å². The maximum absolute atomic E-state index is 12.9. The van der Waals surface area contributed by atoms with Gasteiger partial charge in [-0.05, 0) is 32.2 Å². The van der Waals surface area contributed by atoms with Gasteiger partial charge in [0.15, 0.2) is 5.57 Å². The maximum Gasteiger partial charge on any atom is 0.270 e. The summed E-state index contributed by atoms with van der Waals surface area (Å²) in [5.74, 6) is 1.57. The topological polar surface area (TPSA) is 122 Å². The minimum absolute atomic E-state index is 0.0193. The van der Waals surface area contributed by atoms with Crippen molar-refractivity contribution in [2.75, 3.05) is 56.9 Å². The summed E-state index contributed by atoms with van der Waals surface area (Å²) in [6.07, 6.45) is 6.70. The van der Waals surface area contributed by atoms with Crippen molar-refractivity contribution in [3.63, 3.8) is 0 Å². The number of aromatic nitrogens is 1. The predicted molar refractivity (Wildman–Crippen MR) is 141 cm³/mol. The Labute approximate surface area is 213 Å². The van der Waals surface area contributed by atoms with Crippen molar-refractivity contribution >= 4 is 46.3 Å². The van der Waals surface area contributed by atoms with Crippen molar-refractivity contribution in [1.29, 1.82) is 5.26 Å². The molecule has 1 aliphatic heterocycles. The van der Waals surface area contributed by atoms with E-state index in [9.17, 15) is 19.6 Å². The summed E-state index contributed by atoms with van der Waals surface area (Å²) < 4.78 is 1.97. The Morgan fingerprint density at radius 3 is 2.61 bits per heavy atom. The number of carbonyl (C=O) groups is 2. The first kappa shape index (κ1) is 26.7. The van der Waals surface area contributed by atoms with Crippen LogP contribution >= 0.6 is 11.3 Å². The summed E-state index contributed by atoms with van der Waals surface area (Å²) in [5.41, 5.74) is 0.815. The molecule has 36 heavy (non-hydrogen) atoms. The molecule has 1 fully saturated rings. The van der Waals surface area contributed by atoms with E-state index in [0.717, 1.165) is 37.5 Å². The summed E-state index contributed by atoms with van der Waals surface area (Å²) in [7, 11) is 2.07. The average molecular weight is 508 g/mol. The molecule has 0 atom stereocenters. The highest BCUT2D eigenvalue weighted by atomic mass is 32.1. The maximum atomic E-state index is 12.9. The lowest BCUT2D eigenvalue weighted by Gasteiger charge is -2.31. The molecule has 1 saturated heterocycles. The zero-order valence-electron chi connectivity index (χ0n) is 20.3. The molecule has 2 amide bonds. The second-order valence-corrected chi connectivity index (χ2v) is 9.22. The van der Waals surface area contributed by atoms with Gasteiger partial charge < -0.3 is 20.9 Å². The Kier molecular flexibility index (Phi) is 9.42. The second-order valence-electron chi connectivity index (χ2n) is 8.19. The SMILES string of the molecule is C#CCNC(=O)/C(C#N)=c1\s/c(=C/Nc2cccc(NC(=O)CN3CCN(C)CC3)c2)c(=O)n1CC. The molecule has 10 nitrogen and oxygen atoms in total. The van der Waals surface area contributed by atoms with Crippen LogP contribution in [0.4, 0.5) is 11.4 Å². The van der Waals surface area contributed by atoms with E-state index in [4.69, 9.17) is 6.42 Å². The van der Waals surface area contributed by atoms with Gasteiger partial charge in [0, 0.05) is 50.3 Å². The van der Waals surface area contributed by atoms with Gasteiger partial charge in [-0.3, -0.25) is 23.9 Å². The van der Waals surface area contributed by atoms with Crippen LogP contribution in [0.3, 0.4) is 0 Å². The van der Waals surface area contributed by atoms with E-state index in [2.05, 4.69) is 38.7 Å². The van der Waals surface area contributed by atoms with Crippen LogP contribution in [0.25, 0.3) is 11.8 Å². The lowest BCUT2D eigenvalue weighted by molar-refractivity contribution is -0.117. The fraction of sp³-hybridized carbons (Fsp3) is 0.360. The Morgan fingerprint density at radius 2 is 1.94 bits per heavy atom. The fourth-order valence-corrected chi connectivity index (χ4v) is 4.74. The first-order valence-electron chi connectivity index (χ1n) is 11.5. The summed E-state index contributed by atoms with van der Waals surface area (Å²) >= 11 is 1.04. The lowest BCUT2D eigenvalue weighted by Crippen LogP contribution is -2.47. The number of thiazole rings is 1. The normalized spacial score (nSPS) is 15.5. The van der Waals surface area contributed by atoms with Crippen LogP contribution in [0.5, 0.6) is 0 Å². The molecule has 1 aromatic heterocycles. The number of hydrogen-bond acceptors (Lipinski definition) is 8. The number of piperazine rings is 1. The van der Waals surface area contributed by atoms with E-state index in [-0.39, 0.29) is 28.2 Å². The number of hydrogen-bond donors (Lipinski definition) is 3. The van der Waals surface area contributed by atoms with Crippen molar-refractivity contribution in [2.24, 2.45) is 0 Å². The molecule has 0 bridgehead atoms. The summed E-state index contributed by atoms with van der Waals surface area (Å²) in [6, 6.07) is 9.04. The zero-order valence-corrected chi connectivity index (χ0v) is 21.2. The number of likely N-dealkylation sites (N-methyl/N-ethyl adjacent to an activating group) is 1. The molecule has 2 heterocycles. The third kappa shape index (κ3) is 6.83. The average Bonchev–Trinajstić information content (AvgIpc) is 3.18. The van der Waals surface area contributed by atoms with Crippen LogP contribution in [-0.4, -0.2) is 72.5 Å². The van der Waals surface area contributed by atoms with Crippen LogP contribution in [0.1, 0.15) is 6.92 Å². The van der Waals surface area contributed by atoms with Gasteiger partial charge in [-0.2, -0.15) is 5.26 Å². The molecule has 1 aliphatic rings. The van der Waals surface area contributed by atoms with E-state index in [1.807, 2.05) is 6.07 Å². The molecule has 3 rings (SSSR count). The number of nitrogens with one attached hydrogen (secondary N) is 3. The Morgan fingerprint density at radius 1 is 1.22 bits per heavy atom. The van der Waals surface area contributed by atoms with Gasteiger partial charge in [0.05, 0.1) is 13.1 Å². The number of terminal acetylenes is 1. The summed E-state index contributed by atoms with van der Waals surface area (Å²) in [4.78, 5) is 42.0. The minimum Gasteiger partial charge on any atom is -0.360 e. The third-order valence-corrected chi connectivity index (χ3v) is 6.74. The van der Waals surface area contributed by atoms with Crippen molar-refractivity contribution in [3.05, 3.63) is 43.8 Å². The van der Waals surface area contributed by atoms with Crippen LogP contribution in [-0.2, 0) is 16.1 Å². The van der Waals surface area contributed by atoms with Crippen LogP contribution in [0.2, 0.25) is 0 Å². The minimum atomic E-state index is -0.626. The molecular weight excluding hydrogens is 478 g/mol. The van der Waals surface area contributed by atoms with Crippen molar-refractivity contribution in [2.45, 2.75) is 13.5 Å². The van der Waals surface area contributed by atoms with Crippen LogP contribution in [0, 0.1) is 23.7 Å². The van der Waals surface area contributed by atoms with Gasteiger partial charge in [-0.1, -0.05) is 12.0 Å². The molecule has 1 aromatic carbocycles. The largest absolute Gasteiger partial charge is 0.360 e. The number of anilines is 2. The first-order valence-corrected chi connectivity index (χ1v) is 12.3. The van der Waals surface area contributed by atoms with Gasteiger partial charge >= 0.3 is 0 Å². The zero-order chi connectivity index (χ0) is 26.1. The predicted octanol–water partition coefficient (Wildman–Crippen LogP) is -0.611. The molecule has 3 N–H and O–H groups in total. The Hall–Kier alpha value is -3.90. The molecule has 2 aromatic rings. The van der Waals surface area contributed by atoms with Crippen LogP contribution in [0.15, 0.2) is 29.1 Å². The number of carbonyl (C=O) groups excluding carboxylic acids is 2. The molecule has 0 radical (unpaired) electrons. The molecule has 0 spiro atoms. The number of nitriles is 1. The molecular formula is C25H29N7O3S. The number of benzene rings is 1. The Bertz CT molecular complexity index is 1370. The molecule has 11 heteroatoms. The summed E-state index contributed by atoms with van der Waals surface area (Å²) in [5, 5.41) is 18.0. The van der Waals surface area contributed by atoms with Crippen molar-refractivity contribution in [3.8, 4) is 18.4 Å². The highest BCUT2D eigenvalue weighted by Gasteiger charge is 2.17. The standard InChI is InChI=1S/C25H29N7O3S/c1-4-9-27-23(34)20(15-26)25-32(5-2)24(35)21(36-25)16-28-18-7-6-8-19(14-18)29-22(33)17-31-12-10-30(3)11-13-31/h1,6-8,14,16,28H,5,9-13,17H2,2-3H3,(H,27,34)(H,29,33)/b21-16+,25-20-. The van der Waals surface area contributed by atoms with Gasteiger partial charge in [-0.25, -0.2) is 0 Å².